The van der Waals surface area contributed by atoms with Crippen LogP contribution in [0.15, 0.2) is 24.3 Å². The number of hydrogen-bond acceptors (Lipinski definition) is 3. The molecule has 26 heavy (non-hydrogen) atoms. The molecule has 4 nitrogen and oxygen atoms in total. The minimum absolute atomic E-state index is 0.0595. The van der Waals surface area contributed by atoms with Crippen molar-refractivity contribution in [2.45, 2.75) is 59.0 Å². The normalized spacial score (nSPS) is 24.0. The third-order valence-corrected chi connectivity index (χ3v) is 5.96. The van der Waals surface area contributed by atoms with E-state index in [4.69, 9.17) is 4.74 Å². The van der Waals surface area contributed by atoms with Crippen LogP contribution in [0.25, 0.3) is 6.08 Å². The highest BCUT2D eigenvalue weighted by atomic mass is 16.5. The smallest absolute Gasteiger partial charge is 0.339 e. The van der Waals surface area contributed by atoms with Crippen molar-refractivity contribution in [1.82, 2.24) is 0 Å². The zero-order chi connectivity index (χ0) is 19.1. The number of carboxylic acids is 1. The summed E-state index contributed by atoms with van der Waals surface area (Å²) in [5.41, 5.74) is 2.52. The van der Waals surface area contributed by atoms with Crippen molar-refractivity contribution < 1.29 is 19.7 Å². The Kier molecular flexibility index (Phi) is 4.87. The predicted octanol–water partition coefficient (Wildman–Crippen LogP) is 5.34. The van der Waals surface area contributed by atoms with E-state index in [0.29, 0.717) is 22.8 Å². The Bertz CT molecular complexity index is 773. The Morgan fingerprint density at radius 3 is 2.77 bits per heavy atom. The Hall–Kier alpha value is -2.23. The van der Waals surface area contributed by atoms with Gasteiger partial charge in [-0.2, -0.15) is 0 Å². The van der Waals surface area contributed by atoms with E-state index in [-0.39, 0.29) is 22.8 Å². The highest BCUT2D eigenvalue weighted by Gasteiger charge is 2.35. The number of aromatic carboxylic acids is 1. The van der Waals surface area contributed by atoms with Crippen LogP contribution in [0, 0.1) is 18.3 Å². The molecule has 0 spiro atoms. The van der Waals surface area contributed by atoms with Crippen LogP contribution in [0.4, 0.5) is 0 Å². The average molecular weight is 356 g/mol. The number of phenols is 1. The van der Waals surface area contributed by atoms with Gasteiger partial charge in [-0.15, -0.1) is 0 Å². The third kappa shape index (κ3) is 3.37. The van der Waals surface area contributed by atoms with E-state index in [1.807, 2.05) is 6.08 Å². The van der Waals surface area contributed by atoms with E-state index in [9.17, 15) is 15.0 Å². The molecule has 2 aliphatic rings. The van der Waals surface area contributed by atoms with E-state index in [1.54, 1.807) is 19.1 Å². The number of rotatable bonds is 4. The number of hydrogen-bond donors (Lipinski definition) is 2. The van der Waals surface area contributed by atoms with Crippen LogP contribution in [0.3, 0.4) is 0 Å². The van der Waals surface area contributed by atoms with Crippen LogP contribution >= 0.6 is 0 Å². The molecule has 1 saturated carbocycles. The van der Waals surface area contributed by atoms with Crippen LogP contribution in [0.2, 0.25) is 0 Å². The summed E-state index contributed by atoms with van der Waals surface area (Å²) in [4.78, 5) is 11.3. The van der Waals surface area contributed by atoms with Crippen molar-refractivity contribution >= 4 is 12.0 Å². The van der Waals surface area contributed by atoms with E-state index < -0.39 is 5.97 Å². The fourth-order valence-corrected chi connectivity index (χ4v) is 4.47. The van der Waals surface area contributed by atoms with Crippen LogP contribution in [-0.2, 0) is 0 Å². The molecule has 140 valence electrons. The quantitative estimate of drug-likeness (QED) is 0.715. The molecule has 3 rings (SSSR count). The topological polar surface area (TPSA) is 66.8 Å². The predicted molar refractivity (Wildman–Crippen MR) is 103 cm³/mol. The second kappa shape index (κ2) is 6.82. The number of fused-ring (bicyclic) bond motifs is 1. The first kappa shape index (κ1) is 18.6. The molecule has 0 radical (unpaired) electrons. The number of aromatic hydroxyl groups is 1. The fraction of sp³-hybridized carbons (Fsp3) is 0.500. The maximum atomic E-state index is 11.3. The van der Waals surface area contributed by atoms with Crippen LogP contribution in [0.5, 0.6) is 11.5 Å². The number of allylic oxidation sites excluding steroid dienone is 1. The van der Waals surface area contributed by atoms with Crippen molar-refractivity contribution in [3.63, 3.8) is 0 Å². The lowest BCUT2D eigenvalue weighted by atomic mass is 9.65. The zero-order valence-electron chi connectivity index (χ0n) is 15.8. The maximum absolute atomic E-state index is 11.3. The molecule has 1 aliphatic carbocycles. The molecule has 4 heteroatoms. The number of carboxylic acid groups (broad SMARTS) is 1. The zero-order valence-corrected chi connectivity index (χ0v) is 15.8. The maximum Gasteiger partial charge on any atom is 0.339 e. The molecule has 1 aliphatic heterocycles. The summed E-state index contributed by atoms with van der Waals surface area (Å²) in [5.74, 6) is -0.293. The van der Waals surface area contributed by atoms with Gasteiger partial charge in [0, 0.05) is 0 Å². The van der Waals surface area contributed by atoms with Crippen molar-refractivity contribution in [3.8, 4) is 11.5 Å². The van der Waals surface area contributed by atoms with Crippen molar-refractivity contribution in [2.24, 2.45) is 11.3 Å². The monoisotopic (exact) mass is 356 g/mol. The number of ether oxygens (including phenoxy) is 1. The fourth-order valence-electron chi connectivity index (χ4n) is 4.47. The summed E-state index contributed by atoms with van der Waals surface area (Å²) in [6.07, 6.45) is 9.10. The second-order valence-corrected chi connectivity index (χ2v) is 8.28. The summed E-state index contributed by atoms with van der Waals surface area (Å²) >= 11 is 0. The molecule has 2 unspecified atom stereocenters. The number of carbonyl (C=O) groups is 1. The minimum Gasteiger partial charge on any atom is -0.506 e. The summed E-state index contributed by atoms with van der Waals surface area (Å²) in [5, 5.41) is 19.6. The SMILES string of the molecule is C=C1CCCC(C)(C)C1CCC1C=Cc2c(cc(C)c(C(=O)O)c2O)O1. The largest absolute Gasteiger partial charge is 0.506 e. The van der Waals surface area contributed by atoms with Crippen LogP contribution < -0.4 is 4.74 Å². The first-order valence-electron chi connectivity index (χ1n) is 9.33. The molecule has 0 saturated heterocycles. The van der Waals surface area contributed by atoms with Gasteiger partial charge in [0.2, 0.25) is 0 Å². The first-order valence-corrected chi connectivity index (χ1v) is 9.33. The molecular weight excluding hydrogens is 328 g/mol. The molecule has 1 fully saturated rings. The van der Waals surface area contributed by atoms with Gasteiger partial charge in [0.1, 0.15) is 23.2 Å². The molecule has 2 atom stereocenters. The van der Waals surface area contributed by atoms with Gasteiger partial charge in [0.05, 0.1) is 5.56 Å². The number of benzene rings is 1. The van der Waals surface area contributed by atoms with Crippen molar-refractivity contribution in [3.05, 3.63) is 41.0 Å². The lowest BCUT2D eigenvalue weighted by Crippen LogP contribution is -2.31. The Labute approximate surface area is 155 Å². The third-order valence-electron chi connectivity index (χ3n) is 5.96. The van der Waals surface area contributed by atoms with Crippen LogP contribution in [-0.4, -0.2) is 22.3 Å². The average Bonchev–Trinajstić information content (AvgIpc) is 2.53. The molecule has 0 amide bonds. The molecule has 0 bridgehead atoms. The molecule has 1 aromatic rings. The van der Waals surface area contributed by atoms with Crippen molar-refractivity contribution in [1.29, 1.82) is 0 Å². The van der Waals surface area contributed by atoms with Gasteiger partial charge in [-0.1, -0.05) is 26.0 Å². The van der Waals surface area contributed by atoms with E-state index >= 15 is 0 Å². The summed E-state index contributed by atoms with van der Waals surface area (Å²) in [7, 11) is 0. The highest BCUT2D eigenvalue weighted by molar-refractivity contribution is 5.95. The molecule has 1 heterocycles. The Morgan fingerprint density at radius 2 is 2.12 bits per heavy atom. The summed E-state index contributed by atoms with van der Waals surface area (Å²) in [6, 6.07) is 1.71. The van der Waals surface area contributed by atoms with Crippen LogP contribution in [0.1, 0.15) is 67.4 Å². The van der Waals surface area contributed by atoms with E-state index in [0.717, 1.165) is 19.3 Å². The number of aryl methyl sites for hydroxylation is 1. The Morgan fingerprint density at radius 1 is 1.38 bits per heavy atom. The van der Waals surface area contributed by atoms with Gasteiger partial charge < -0.3 is 14.9 Å². The summed E-state index contributed by atoms with van der Waals surface area (Å²) in [6.45, 7) is 10.6. The first-order chi connectivity index (χ1) is 12.2. The van der Waals surface area contributed by atoms with E-state index in [2.05, 4.69) is 20.4 Å². The van der Waals surface area contributed by atoms with Gasteiger partial charge in [-0.25, -0.2) is 4.79 Å². The molecular formula is C22H28O4. The Balaban J connectivity index is 1.74. The van der Waals surface area contributed by atoms with Gasteiger partial charge in [0.25, 0.3) is 0 Å². The summed E-state index contributed by atoms with van der Waals surface area (Å²) < 4.78 is 6.05. The molecule has 1 aromatic carbocycles. The van der Waals surface area contributed by atoms with Gasteiger partial charge in [0.15, 0.2) is 0 Å². The molecule has 2 N–H and O–H groups in total. The highest BCUT2D eigenvalue weighted by Crippen LogP contribution is 2.46. The lowest BCUT2D eigenvalue weighted by molar-refractivity contribution is 0.0692. The standard InChI is InChI=1S/C22H28O4/c1-13-6-5-11-22(3,4)17(13)10-8-15-7-9-16-18(26-15)12-14(2)19(20(16)23)21(24)25/h7,9,12,15,17,23H,1,5-6,8,10-11H2,2-4H3,(H,24,25). The second-order valence-electron chi connectivity index (χ2n) is 8.28. The molecule has 0 aromatic heterocycles. The van der Waals surface area contributed by atoms with Gasteiger partial charge in [-0.05, 0) is 74.1 Å². The van der Waals surface area contributed by atoms with Crippen molar-refractivity contribution in [2.75, 3.05) is 0 Å². The minimum atomic E-state index is -1.13. The van der Waals surface area contributed by atoms with Gasteiger partial charge in [-0.3, -0.25) is 0 Å². The van der Waals surface area contributed by atoms with Gasteiger partial charge >= 0.3 is 5.97 Å². The van der Waals surface area contributed by atoms with E-state index in [1.165, 1.54) is 18.4 Å². The lowest BCUT2D eigenvalue weighted by Gasteiger charge is -2.41.